The number of nitrogens with zero attached hydrogens (tertiary/aromatic N) is 1. The zero-order valence-electron chi connectivity index (χ0n) is 8.71. The third kappa shape index (κ3) is 7.58. The van der Waals surface area contributed by atoms with Crippen LogP contribution in [-0.2, 0) is 0 Å². The first-order valence-corrected chi connectivity index (χ1v) is 4.79. The fraction of sp³-hybridized carbons (Fsp3) is 0.900. The highest BCUT2D eigenvalue weighted by atomic mass is 16.5. The lowest BCUT2D eigenvalue weighted by atomic mass is 10.1. The standard InChI is InChI=1S/C10H21NO/c1-9(2)5-7-11(12)8-6-10(3)4/h7,9-10H,5-6,8H2,1-4H3. The third-order valence-electron chi connectivity index (χ3n) is 1.71. The monoisotopic (exact) mass is 171 g/mol. The van der Waals surface area contributed by atoms with Crippen molar-refractivity contribution < 1.29 is 4.74 Å². The van der Waals surface area contributed by atoms with E-state index in [1.807, 2.05) is 0 Å². The van der Waals surface area contributed by atoms with Gasteiger partial charge in [-0.3, -0.25) is 0 Å². The van der Waals surface area contributed by atoms with E-state index in [9.17, 15) is 5.21 Å². The van der Waals surface area contributed by atoms with Crippen molar-refractivity contribution in [3.63, 3.8) is 0 Å². The van der Waals surface area contributed by atoms with Gasteiger partial charge in [0.05, 0.1) is 0 Å². The first-order chi connectivity index (χ1) is 5.52. The van der Waals surface area contributed by atoms with Gasteiger partial charge in [0.1, 0.15) is 0 Å². The molecule has 0 amide bonds. The van der Waals surface area contributed by atoms with E-state index in [1.165, 1.54) is 0 Å². The number of hydroxylamine groups is 1. The predicted octanol–water partition coefficient (Wildman–Crippen LogP) is 2.66. The first kappa shape index (κ1) is 11.5. The Morgan fingerprint density at radius 2 is 1.75 bits per heavy atom. The molecule has 0 aromatic heterocycles. The molecule has 12 heavy (non-hydrogen) atoms. The maximum atomic E-state index is 11.1. The van der Waals surface area contributed by atoms with Gasteiger partial charge in [-0.1, -0.05) is 27.7 Å². The topological polar surface area (TPSA) is 26.1 Å². The summed E-state index contributed by atoms with van der Waals surface area (Å²) >= 11 is 0. The molecule has 2 heteroatoms. The summed E-state index contributed by atoms with van der Waals surface area (Å²) in [5.41, 5.74) is 0. The van der Waals surface area contributed by atoms with Crippen molar-refractivity contribution in [1.29, 1.82) is 0 Å². The van der Waals surface area contributed by atoms with Crippen molar-refractivity contribution >= 4 is 6.21 Å². The van der Waals surface area contributed by atoms with E-state index < -0.39 is 0 Å². The summed E-state index contributed by atoms with van der Waals surface area (Å²) in [5, 5.41) is 11.1. The number of hydrogen-bond acceptors (Lipinski definition) is 1. The van der Waals surface area contributed by atoms with E-state index in [0.717, 1.165) is 17.6 Å². The molecule has 0 N–H and O–H groups in total. The van der Waals surface area contributed by atoms with Crippen LogP contribution >= 0.6 is 0 Å². The summed E-state index contributed by atoms with van der Waals surface area (Å²) in [7, 11) is 0. The van der Waals surface area contributed by atoms with E-state index in [-0.39, 0.29) is 0 Å². The molecule has 0 aliphatic heterocycles. The van der Waals surface area contributed by atoms with Crippen LogP contribution in [-0.4, -0.2) is 17.5 Å². The summed E-state index contributed by atoms with van der Waals surface area (Å²) < 4.78 is 1.07. The Bertz CT molecular complexity index is 139. The van der Waals surface area contributed by atoms with Crippen molar-refractivity contribution in [2.45, 2.75) is 40.5 Å². The largest absolute Gasteiger partial charge is 0.624 e. The Labute approximate surface area is 75.9 Å². The molecule has 0 saturated carbocycles. The van der Waals surface area contributed by atoms with Gasteiger partial charge in [-0.05, 0) is 11.8 Å². The number of hydrogen-bond donors (Lipinski definition) is 0. The molecular weight excluding hydrogens is 150 g/mol. The maximum absolute atomic E-state index is 11.1. The molecule has 0 heterocycles. The van der Waals surface area contributed by atoms with E-state index in [2.05, 4.69) is 27.7 Å². The minimum atomic E-state index is 0.584. The SMILES string of the molecule is CC(C)CC=[N+]([O-])CCC(C)C. The molecule has 0 aromatic rings. The molecule has 0 bridgehead atoms. The summed E-state index contributed by atoms with van der Waals surface area (Å²) in [5.74, 6) is 1.20. The van der Waals surface area contributed by atoms with Gasteiger partial charge in [-0.2, -0.15) is 0 Å². The molecule has 0 aromatic carbocycles. The van der Waals surface area contributed by atoms with Crippen molar-refractivity contribution in [3.8, 4) is 0 Å². The predicted molar refractivity (Wildman–Crippen MR) is 53.5 cm³/mol. The molecule has 0 spiro atoms. The Morgan fingerprint density at radius 3 is 2.17 bits per heavy atom. The van der Waals surface area contributed by atoms with Crippen LogP contribution in [0.15, 0.2) is 0 Å². The molecule has 2 nitrogen and oxygen atoms in total. The van der Waals surface area contributed by atoms with Crippen LogP contribution < -0.4 is 0 Å². The Kier molecular flexibility index (Phi) is 5.77. The van der Waals surface area contributed by atoms with Crippen molar-refractivity contribution in [2.75, 3.05) is 6.54 Å². The zero-order chi connectivity index (χ0) is 9.56. The van der Waals surface area contributed by atoms with Gasteiger partial charge >= 0.3 is 0 Å². The van der Waals surface area contributed by atoms with Crippen LogP contribution in [0.3, 0.4) is 0 Å². The lowest BCUT2D eigenvalue weighted by Gasteiger charge is -2.06. The molecule has 0 fully saturated rings. The van der Waals surface area contributed by atoms with Crippen molar-refractivity contribution in [3.05, 3.63) is 5.21 Å². The van der Waals surface area contributed by atoms with E-state index in [4.69, 9.17) is 0 Å². The van der Waals surface area contributed by atoms with Gasteiger partial charge < -0.3 is 5.21 Å². The van der Waals surface area contributed by atoms with E-state index in [1.54, 1.807) is 6.21 Å². The Balaban J connectivity index is 3.56. The molecule has 0 radical (unpaired) electrons. The van der Waals surface area contributed by atoms with Gasteiger partial charge in [-0.25, -0.2) is 4.74 Å². The molecular formula is C10H21NO. The Morgan fingerprint density at radius 1 is 1.17 bits per heavy atom. The fourth-order valence-corrected chi connectivity index (χ4v) is 0.805. The summed E-state index contributed by atoms with van der Waals surface area (Å²) in [4.78, 5) is 0. The molecule has 0 atom stereocenters. The van der Waals surface area contributed by atoms with E-state index >= 15 is 0 Å². The van der Waals surface area contributed by atoms with Gasteiger partial charge in [0.25, 0.3) is 0 Å². The fourth-order valence-electron chi connectivity index (χ4n) is 0.805. The molecule has 0 unspecified atom stereocenters. The Hall–Kier alpha value is -0.530. The quantitative estimate of drug-likeness (QED) is 0.270. The second-order valence-corrected chi connectivity index (χ2v) is 4.14. The summed E-state index contributed by atoms with van der Waals surface area (Å²) in [6, 6.07) is 0. The maximum Gasteiger partial charge on any atom is 0.153 e. The first-order valence-electron chi connectivity index (χ1n) is 4.79. The van der Waals surface area contributed by atoms with Gasteiger partial charge in [0, 0.05) is 12.8 Å². The second kappa shape index (κ2) is 6.04. The van der Waals surface area contributed by atoms with E-state index in [0.29, 0.717) is 18.4 Å². The average molecular weight is 171 g/mol. The molecule has 72 valence electrons. The third-order valence-corrected chi connectivity index (χ3v) is 1.71. The van der Waals surface area contributed by atoms with Crippen LogP contribution in [0.1, 0.15) is 40.5 Å². The minimum Gasteiger partial charge on any atom is -0.624 e. The number of rotatable bonds is 5. The lowest BCUT2D eigenvalue weighted by molar-refractivity contribution is -0.455. The molecule has 0 saturated heterocycles. The van der Waals surface area contributed by atoms with Crippen LogP contribution in [0.5, 0.6) is 0 Å². The van der Waals surface area contributed by atoms with Crippen molar-refractivity contribution in [1.82, 2.24) is 0 Å². The highest BCUT2D eigenvalue weighted by Gasteiger charge is 1.99. The molecule has 0 aliphatic rings. The normalized spacial score (nSPS) is 13.0. The zero-order valence-corrected chi connectivity index (χ0v) is 8.71. The van der Waals surface area contributed by atoms with Crippen LogP contribution in [0.4, 0.5) is 0 Å². The second-order valence-electron chi connectivity index (χ2n) is 4.14. The average Bonchev–Trinajstić information content (AvgIpc) is 1.96. The van der Waals surface area contributed by atoms with Crippen LogP contribution in [0, 0.1) is 17.0 Å². The summed E-state index contributed by atoms with van der Waals surface area (Å²) in [6.45, 7) is 9.15. The molecule has 0 aliphatic carbocycles. The van der Waals surface area contributed by atoms with Crippen LogP contribution in [0.25, 0.3) is 0 Å². The van der Waals surface area contributed by atoms with Gasteiger partial charge in [0.15, 0.2) is 12.8 Å². The van der Waals surface area contributed by atoms with Gasteiger partial charge in [-0.15, -0.1) is 0 Å². The minimum absolute atomic E-state index is 0.584. The van der Waals surface area contributed by atoms with Crippen molar-refractivity contribution in [2.24, 2.45) is 11.8 Å². The lowest BCUT2D eigenvalue weighted by Crippen LogP contribution is -2.10. The summed E-state index contributed by atoms with van der Waals surface area (Å²) in [6.07, 6.45) is 3.63. The van der Waals surface area contributed by atoms with Crippen LogP contribution in [0.2, 0.25) is 0 Å². The van der Waals surface area contributed by atoms with Gasteiger partial charge in [0.2, 0.25) is 0 Å². The molecule has 0 rings (SSSR count). The highest BCUT2D eigenvalue weighted by molar-refractivity contribution is 5.51. The smallest absolute Gasteiger partial charge is 0.153 e. The highest BCUT2D eigenvalue weighted by Crippen LogP contribution is 1.99.